The van der Waals surface area contributed by atoms with Gasteiger partial charge in [-0.25, -0.2) is 9.78 Å². The first kappa shape index (κ1) is 10.8. The van der Waals surface area contributed by atoms with Crippen molar-refractivity contribution < 1.29 is 9.90 Å². The summed E-state index contributed by atoms with van der Waals surface area (Å²) in [6.07, 6.45) is 3.83. The quantitative estimate of drug-likeness (QED) is 0.765. The van der Waals surface area contributed by atoms with Gasteiger partial charge >= 0.3 is 5.97 Å². The van der Waals surface area contributed by atoms with Crippen LogP contribution in [0.3, 0.4) is 0 Å². The minimum atomic E-state index is -1.06. The highest BCUT2D eigenvalue weighted by atomic mass is 16.4. The number of nitrogens with zero attached hydrogens (tertiary/aromatic N) is 3. The number of anilines is 1. The van der Waals surface area contributed by atoms with E-state index >= 15 is 0 Å². The summed E-state index contributed by atoms with van der Waals surface area (Å²) >= 11 is 0. The Bertz CT molecular complexity index is 396. The van der Waals surface area contributed by atoms with Crippen LogP contribution in [0.2, 0.25) is 0 Å². The van der Waals surface area contributed by atoms with E-state index in [1.807, 2.05) is 0 Å². The third-order valence-corrected chi connectivity index (χ3v) is 2.60. The van der Waals surface area contributed by atoms with Gasteiger partial charge in [0.2, 0.25) is 0 Å². The summed E-state index contributed by atoms with van der Waals surface area (Å²) in [6.45, 7) is 1.99. The predicted octanol–water partition coefficient (Wildman–Crippen LogP) is 0.291. The molecule has 0 saturated carbocycles. The number of hydrogen-bond acceptors (Lipinski definition) is 5. The molecule has 0 amide bonds. The zero-order chi connectivity index (χ0) is 11.5. The molecular weight excluding hydrogens is 208 g/mol. The fourth-order valence-electron chi connectivity index (χ4n) is 1.80. The summed E-state index contributed by atoms with van der Waals surface area (Å²) in [5, 5.41) is 12.0. The Morgan fingerprint density at radius 1 is 1.62 bits per heavy atom. The highest BCUT2D eigenvalue weighted by Crippen LogP contribution is 2.12. The third-order valence-electron chi connectivity index (χ3n) is 2.60. The highest BCUT2D eigenvalue weighted by Gasteiger charge is 2.19. The van der Waals surface area contributed by atoms with Crippen molar-refractivity contribution in [2.45, 2.75) is 12.5 Å². The van der Waals surface area contributed by atoms with E-state index in [4.69, 9.17) is 5.11 Å². The molecule has 1 aromatic rings. The Labute approximate surface area is 93.3 Å². The molecule has 16 heavy (non-hydrogen) atoms. The van der Waals surface area contributed by atoms with Crippen LogP contribution >= 0.6 is 0 Å². The number of carboxylic acids is 1. The molecule has 1 unspecified atom stereocenters. The molecule has 0 radical (unpaired) electrons. The normalized spacial score (nSPS) is 20.9. The monoisotopic (exact) mass is 222 g/mol. The molecule has 2 heterocycles. The largest absolute Gasteiger partial charge is 0.476 e. The zero-order valence-electron chi connectivity index (χ0n) is 9.05. The van der Waals surface area contributed by atoms with Crippen LogP contribution in [0.25, 0.3) is 0 Å². The van der Waals surface area contributed by atoms with E-state index in [1.165, 1.54) is 6.20 Å². The molecule has 1 atom stereocenters. The van der Waals surface area contributed by atoms with Gasteiger partial charge in [-0.2, -0.15) is 0 Å². The molecule has 2 rings (SSSR count). The fraction of sp³-hybridized carbons (Fsp3) is 0.500. The Morgan fingerprint density at radius 2 is 2.44 bits per heavy atom. The van der Waals surface area contributed by atoms with E-state index in [1.54, 1.807) is 6.20 Å². The summed E-state index contributed by atoms with van der Waals surface area (Å²) in [5.74, 6) is -0.528. The Morgan fingerprint density at radius 3 is 3.06 bits per heavy atom. The van der Waals surface area contributed by atoms with Gasteiger partial charge in [0.25, 0.3) is 0 Å². The average molecular weight is 222 g/mol. The average Bonchev–Trinajstić information content (AvgIpc) is 2.64. The van der Waals surface area contributed by atoms with Gasteiger partial charge in [-0.3, -0.25) is 4.98 Å². The lowest BCUT2D eigenvalue weighted by Gasteiger charge is -2.13. The molecule has 1 aromatic heterocycles. The number of likely N-dealkylation sites (tertiary alicyclic amines) is 1. The molecule has 2 N–H and O–H groups in total. The van der Waals surface area contributed by atoms with Crippen LogP contribution < -0.4 is 5.32 Å². The van der Waals surface area contributed by atoms with Crippen LogP contribution in [-0.2, 0) is 0 Å². The van der Waals surface area contributed by atoms with Gasteiger partial charge < -0.3 is 15.3 Å². The summed E-state index contributed by atoms with van der Waals surface area (Å²) < 4.78 is 0. The van der Waals surface area contributed by atoms with Crippen LogP contribution in [0.15, 0.2) is 12.4 Å². The first-order chi connectivity index (χ1) is 7.65. The van der Waals surface area contributed by atoms with E-state index < -0.39 is 5.97 Å². The molecule has 1 saturated heterocycles. The topological polar surface area (TPSA) is 78.4 Å². The number of carbonyl (C=O) groups is 1. The molecule has 0 spiro atoms. The SMILES string of the molecule is CN1CCC(Nc2cncc(C(=O)O)n2)C1. The first-order valence-electron chi connectivity index (χ1n) is 5.15. The van der Waals surface area contributed by atoms with Crippen LogP contribution in [-0.4, -0.2) is 52.1 Å². The van der Waals surface area contributed by atoms with E-state index in [2.05, 4.69) is 27.2 Å². The molecular formula is C10H14N4O2. The molecule has 1 aliphatic rings. The molecule has 86 valence electrons. The summed E-state index contributed by atoms with van der Waals surface area (Å²) in [6, 6.07) is 0.323. The molecule has 0 aliphatic carbocycles. The van der Waals surface area contributed by atoms with Gasteiger partial charge in [-0.05, 0) is 20.0 Å². The molecule has 0 aromatic carbocycles. The summed E-state index contributed by atoms with van der Waals surface area (Å²) in [5.41, 5.74) is -0.0312. The van der Waals surface area contributed by atoms with E-state index in [0.29, 0.717) is 11.9 Å². The van der Waals surface area contributed by atoms with Crippen molar-refractivity contribution in [1.29, 1.82) is 0 Å². The van der Waals surface area contributed by atoms with Gasteiger partial charge in [0.1, 0.15) is 5.82 Å². The van der Waals surface area contributed by atoms with Gasteiger partial charge in [-0.1, -0.05) is 0 Å². The number of aromatic carboxylic acids is 1. The number of likely N-dealkylation sites (N-methyl/N-ethyl adjacent to an activating group) is 1. The minimum absolute atomic E-state index is 0.0312. The summed E-state index contributed by atoms with van der Waals surface area (Å²) in [4.78, 5) is 20.7. The number of nitrogens with one attached hydrogen (secondary N) is 1. The van der Waals surface area contributed by atoms with Crippen molar-refractivity contribution in [1.82, 2.24) is 14.9 Å². The number of aromatic nitrogens is 2. The van der Waals surface area contributed by atoms with Gasteiger partial charge in [0.15, 0.2) is 5.69 Å². The maximum atomic E-state index is 10.7. The maximum Gasteiger partial charge on any atom is 0.356 e. The maximum absolute atomic E-state index is 10.7. The minimum Gasteiger partial charge on any atom is -0.476 e. The fourth-order valence-corrected chi connectivity index (χ4v) is 1.80. The second-order valence-corrected chi connectivity index (χ2v) is 3.99. The van der Waals surface area contributed by atoms with Crippen molar-refractivity contribution in [2.75, 3.05) is 25.5 Å². The number of carboxylic acid groups (broad SMARTS) is 1. The second kappa shape index (κ2) is 4.44. The smallest absolute Gasteiger partial charge is 0.356 e. The van der Waals surface area contributed by atoms with Crippen molar-refractivity contribution in [3.05, 3.63) is 18.1 Å². The van der Waals surface area contributed by atoms with Crippen LogP contribution in [0.4, 0.5) is 5.82 Å². The molecule has 0 bridgehead atoms. The van der Waals surface area contributed by atoms with E-state index in [-0.39, 0.29) is 5.69 Å². The number of hydrogen-bond donors (Lipinski definition) is 2. The highest BCUT2D eigenvalue weighted by molar-refractivity contribution is 5.85. The Kier molecular flexibility index (Phi) is 3.00. The van der Waals surface area contributed by atoms with Gasteiger partial charge in [0, 0.05) is 12.6 Å². The Balaban J connectivity index is 2.04. The lowest BCUT2D eigenvalue weighted by atomic mass is 10.2. The van der Waals surface area contributed by atoms with Crippen molar-refractivity contribution in [3.8, 4) is 0 Å². The van der Waals surface area contributed by atoms with E-state index in [9.17, 15) is 4.79 Å². The Hall–Kier alpha value is -1.69. The van der Waals surface area contributed by atoms with Crippen molar-refractivity contribution in [2.24, 2.45) is 0 Å². The molecule has 6 heteroatoms. The predicted molar refractivity (Wildman–Crippen MR) is 58.5 cm³/mol. The molecule has 1 fully saturated rings. The first-order valence-corrected chi connectivity index (χ1v) is 5.15. The second-order valence-electron chi connectivity index (χ2n) is 3.99. The third kappa shape index (κ3) is 2.46. The molecule has 6 nitrogen and oxygen atoms in total. The van der Waals surface area contributed by atoms with Gasteiger partial charge in [-0.15, -0.1) is 0 Å². The van der Waals surface area contributed by atoms with Crippen molar-refractivity contribution >= 4 is 11.8 Å². The van der Waals surface area contributed by atoms with E-state index in [0.717, 1.165) is 19.5 Å². The number of rotatable bonds is 3. The van der Waals surface area contributed by atoms with Crippen molar-refractivity contribution in [3.63, 3.8) is 0 Å². The van der Waals surface area contributed by atoms with Crippen LogP contribution in [0.5, 0.6) is 0 Å². The lowest BCUT2D eigenvalue weighted by Crippen LogP contribution is -2.24. The van der Waals surface area contributed by atoms with Gasteiger partial charge in [0.05, 0.1) is 12.4 Å². The standard InChI is InChI=1S/C10H14N4O2/c1-14-3-2-7(6-14)12-9-5-11-4-8(13-9)10(15)16/h4-5,7H,2-3,6H2,1H3,(H,12,13)(H,15,16). The molecule has 1 aliphatic heterocycles. The summed E-state index contributed by atoms with van der Waals surface area (Å²) in [7, 11) is 2.06. The zero-order valence-corrected chi connectivity index (χ0v) is 9.05. The van der Waals surface area contributed by atoms with Crippen LogP contribution in [0, 0.1) is 0 Å². The lowest BCUT2D eigenvalue weighted by molar-refractivity contribution is 0.0690. The van der Waals surface area contributed by atoms with Crippen LogP contribution in [0.1, 0.15) is 16.9 Å².